The average Bonchev–Trinajstić information content (AvgIpc) is 3.48. The van der Waals surface area contributed by atoms with Crippen molar-refractivity contribution in [2.75, 3.05) is 28.4 Å². The van der Waals surface area contributed by atoms with Crippen LogP contribution >= 0.6 is 0 Å². The summed E-state index contributed by atoms with van der Waals surface area (Å²) in [7, 11) is 4.92. The lowest BCUT2D eigenvalue weighted by atomic mass is 9.83. The first kappa shape index (κ1) is 34.5. The van der Waals surface area contributed by atoms with Crippen molar-refractivity contribution >= 4 is 35.8 Å². The van der Waals surface area contributed by atoms with Gasteiger partial charge in [-0.2, -0.15) is 0 Å². The van der Waals surface area contributed by atoms with Crippen LogP contribution in [-0.4, -0.2) is 74.7 Å². The fourth-order valence-electron chi connectivity index (χ4n) is 5.29. The molecular formula is C32H38N2O11. The van der Waals surface area contributed by atoms with E-state index < -0.39 is 41.3 Å². The summed E-state index contributed by atoms with van der Waals surface area (Å²) >= 11 is 0. The summed E-state index contributed by atoms with van der Waals surface area (Å²) in [4.78, 5) is 78.7. The Morgan fingerprint density at radius 1 is 0.756 bits per heavy atom. The van der Waals surface area contributed by atoms with Crippen molar-refractivity contribution in [1.82, 2.24) is 10.3 Å². The number of esters is 5. The number of H-pyrrole nitrogens is 1. The lowest BCUT2D eigenvalue weighted by molar-refractivity contribution is -0.141. The van der Waals surface area contributed by atoms with Crippen LogP contribution in [0.4, 0.5) is 0 Å². The Labute approximate surface area is 260 Å². The predicted molar refractivity (Wildman–Crippen MR) is 158 cm³/mol. The molecule has 0 saturated heterocycles. The van der Waals surface area contributed by atoms with Crippen molar-refractivity contribution in [3.63, 3.8) is 0 Å². The van der Waals surface area contributed by atoms with Gasteiger partial charge < -0.3 is 34.0 Å². The zero-order valence-electron chi connectivity index (χ0n) is 26.0. The molecule has 242 valence electrons. The zero-order valence-corrected chi connectivity index (χ0v) is 26.0. The molecule has 13 heteroatoms. The number of carbonyl (C=O) groups is 6. The van der Waals surface area contributed by atoms with Crippen LogP contribution in [0.3, 0.4) is 0 Å². The van der Waals surface area contributed by atoms with Gasteiger partial charge in [0, 0.05) is 30.5 Å². The van der Waals surface area contributed by atoms with Crippen molar-refractivity contribution in [2.24, 2.45) is 0 Å². The molecule has 2 heterocycles. The Morgan fingerprint density at radius 3 is 1.93 bits per heavy atom. The van der Waals surface area contributed by atoms with Crippen molar-refractivity contribution < 1.29 is 52.5 Å². The Balaban J connectivity index is 2.11. The summed E-state index contributed by atoms with van der Waals surface area (Å²) in [5, 5.41) is 2.92. The van der Waals surface area contributed by atoms with Gasteiger partial charge in [0.05, 0.1) is 46.8 Å². The maximum atomic E-state index is 13.4. The quantitative estimate of drug-likeness (QED) is 0.219. The van der Waals surface area contributed by atoms with E-state index in [0.717, 1.165) is 5.56 Å². The predicted octanol–water partition coefficient (Wildman–Crippen LogP) is 2.44. The van der Waals surface area contributed by atoms with Gasteiger partial charge in [0.15, 0.2) is 0 Å². The average molecular weight is 627 g/mol. The molecule has 0 aliphatic carbocycles. The van der Waals surface area contributed by atoms with Gasteiger partial charge in [-0.15, -0.1) is 0 Å². The number of benzene rings is 1. The molecule has 1 aliphatic rings. The highest BCUT2D eigenvalue weighted by Gasteiger charge is 2.43. The number of hydrogen-bond donors (Lipinski definition) is 2. The first-order chi connectivity index (χ1) is 21.5. The van der Waals surface area contributed by atoms with E-state index in [0.29, 0.717) is 16.8 Å². The largest absolute Gasteiger partial charge is 0.469 e. The van der Waals surface area contributed by atoms with Gasteiger partial charge in [0.2, 0.25) is 5.91 Å². The molecule has 2 N–H and O–H groups in total. The second-order valence-electron chi connectivity index (χ2n) is 10.6. The molecule has 0 spiro atoms. The van der Waals surface area contributed by atoms with E-state index in [2.05, 4.69) is 10.3 Å². The molecule has 2 aromatic rings. The van der Waals surface area contributed by atoms with Gasteiger partial charge in [0.25, 0.3) is 0 Å². The standard InChI is InChI=1S/C32H38N2O11/c1-32(23(16-28(38)44-5)21(30(39)34-32)12-14-26(36)42-3)17-24-20(11-13-25(35)41-2)22(15-27(37)43-4)29(33-24)31(40)45-18-19-9-7-6-8-10-19/h6-10,33H,11-18H2,1-5H3,(H,34,39)/t32-/m0/s1. The molecule has 3 rings (SSSR count). The summed E-state index contributed by atoms with van der Waals surface area (Å²) in [5.41, 5.74) is 1.36. The smallest absolute Gasteiger partial charge is 0.355 e. The number of aromatic nitrogens is 1. The molecule has 0 fully saturated rings. The highest BCUT2D eigenvalue weighted by atomic mass is 16.5. The van der Waals surface area contributed by atoms with Crippen LogP contribution in [0.5, 0.6) is 0 Å². The van der Waals surface area contributed by atoms with E-state index in [9.17, 15) is 28.8 Å². The van der Waals surface area contributed by atoms with E-state index in [1.807, 2.05) is 6.07 Å². The minimum atomic E-state index is -1.19. The molecule has 1 atom stereocenters. The number of hydrogen-bond acceptors (Lipinski definition) is 11. The van der Waals surface area contributed by atoms with Crippen LogP contribution in [-0.2, 0) is 73.5 Å². The third-order valence-corrected chi connectivity index (χ3v) is 7.66. The highest BCUT2D eigenvalue weighted by Crippen LogP contribution is 2.37. The Hall–Kier alpha value is -4.94. The lowest BCUT2D eigenvalue weighted by Crippen LogP contribution is -2.44. The summed E-state index contributed by atoms with van der Waals surface area (Å²) in [5.74, 6) is -3.49. The first-order valence-electron chi connectivity index (χ1n) is 14.2. The third kappa shape index (κ3) is 8.80. The van der Waals surface area contributed by atoms with Crippen LogP contribution in [0, 0.1) is 0 Å². The molecule has 1 aromatic heterocycles. The van der Waals surface area contributed by atoms with E-state index in [-0.39, 0.29) is 68.4 Å². The second kappa shape index (κ2) is 15.7. The third-order valence-electron chi connectivity index (χ3n) is 7.66. The van der Waals surface area contributed by atoms with Crippen molar-refractivity contribution in [3.05, 3.63) is 69.6 Å². The fraction of sp³-hybridized carbons (Fsp3) is 0.438. The van der Waals surface area contributed by atoms with E-state index >= 15 is 0 Å². The first-order valence-corrected chi connectivity index (χ1v) is 14.2. The highest BCUT2D eigenvalue weighted by molar-refractivity contribution is 6.00. The maximum absolute atomic E-state index is 13.4. The fourth-order valence-corrected chi connectivity index (χ4v) is 5.29. The minimum Gasteiger partial charge on any atom is -0.469 e. The van der Waals surface area contributed by atoms with Gasteiger partial charge in [-0.3, -0.25) is 24.0 Å². The number of methoxy groups -OCH3 is 4. The van der Waals surface area contributed by atoms with E-state index in [1.54, 1.807) is 31.2 Å². The number of rotatable bonds is 15. The molecular weight excluding hydrogens is 588 g/mol. The Bertz CT molecular complexity index is 1480. The van der Waals surface area contributed by atoms with Gasteiger partial charge in [0.1, 0.15) is 12.3 Å². The molecule has 0 bridgehead atoms. The monoisotopic (exact) mass is 626 g/mol. The van der Waals surface area contributed by atoms with Crippen LogP contribution in [0.1, 0.15) is 65.5 Å². The molecule has 1 aromatic carbocycles. The van der Waals surface area contributed by atoms with Crippen LogP contribution in [0.15, 0.2) is 41.5 Å². The van der Waals surface area contributed by atoms with E-state index in [4.69, 9.17) is 23.7 Å². The zero-order chi connectivity index (χ0) is 33.1. The van der Waals surface area contributed by atoms with Gasteiger partial charge >= 0.3 is 29.8 Å². The SMILES string of the molecule is COC(=O)CCC1=C(CC(=O)OC)[C@](C)(Cc2[nH]c(C(=O)OCc3ccccc3)c(CC(=O)OC)c2CCC(=O)OC)NC1=O. The van der Waals surface area contributed by atoms with Crippen LogP contribution in [0.25, 0.3) is 0 Å². The normalized spacial score (nSPS) is 15.7. The molecule has 0 unspecified atom stereocenters. The molecule has 1 amide bonds. The van der Waals surface area contributed by atoms with Crippen LogP contribution < -0.4 is 5.32 Å². The van der Waals surface area contributed by atoms with Crippen molar-refractivity contribution in [2.45, 2.75) is 64.0 Å². The summed E-state index contributed by atoms with van der Waals surface area (Å²) in [6.07, 6.45) is -0.612. The maximum Gasteiger partial charge on any atom is 0.355 e. The Kier molecular flexibility index (Phi) is 12.0. The lowest BCUT2D eigenvalue weighted by Gasteiger charge is -2.28. The number of nitrogens with one attached hydrogen (secondary N) is 2. The summed E-state index contributed by atoms with van der Waals surface area (Å²) in [6.45, 7) is 1.67. The molecule has 1 aliphatic heterocycles. The number of carbonyl (C=O) groups excluding carboxylic acids is 6. The van der Waals surface area contributed by atoms with Gasteiger partial charge in [-0.1, -0.05) is 30.3 Å². The second-order valence-corrected chi connectivity index (χ2v) is 10.6. The molecule has 0 radical (unpaired) electrons. The van der Waals surface area contributed by atoms with Crippen LogP contribution in [0.2, 0.25) is 0 Å². The number of aromatic amines is 1. The number of ether oxygens (including phenoxy) is 5. The van der Waals surface area contributed by atoms with Crippen molar-refractivity contribution in [3.8, 4) is 0 Å². The van der Waals surface area contributed by atoms with Gasteiger partial charge in [-0.05, 0) is 42.0 Å². The molecule has 45 heavy (non-hydrogen) atoms. The minimum absolute atomic E-state index is 0.0106. The Morgan fingerprint density at radius 2 is 1.33 bits per heavy atom. The topological polar surface area (TPSA) is 176 Å². The molecule has 13 nitrogen and oxygen atoms in total. The molecule has 0 saturated carbocycles. The van der Waals surface area contributed by atoms with Gasteiger partial charge in [-0.25, -0.2) is 4.79 Å². The number of amides is 1. The van der Waals surface area contributed by atoms with Crippen molar-refractivity contribution in [1.29, 1.82) is 0 Å². The summed E-state index contributed by atoms with van der Waals surface area (Å²) in [6, 6.07) is 9.02. The van der Waals surface area contributed by atoms with E-state index in [1.165, 1.54) is 28.4 Å². The summed E-state index contributed by atoms with van der Waals surface area (Å²) < 4.78 is 24.9.